The summed E-state index contributed by atoms with van der Waals surface area (Å²) < 4.78 is 5.24. The lowest BCUT2D eigenvalue weighted by molar-refractivity contribution is -0.121. The zero-order chi connectivity index (χ0) is 22.3. The van der Waals surface area contributed by atoms with Gasteiger partial charge in [0, 0.05) is 34.1 Å². The summed E-state index contributed by atoms with van der Waals surface area (Å²) in [5.74, 6) is -0.121. The lowest BCUT2D eigenvalue weighted by Gasteiger charge is -2.11. The number of carbonyl (C=O) groups is 2. The molecular formula is C25H22N4O3. The molecule has 7 heteroatoms. The molecule has 0 saturated carbocycles. The molecule has 0 saturated heterocycles. The first-order valence-electron chi connectivity index (χ1n) is 10.1. The summed E-state index contributed by atoms with van der Waals surface area (Å²) in [6, 6.07) is 24.0. The maximum atomic E-state index is 12.4. The first-order chi connectivity index (χ1) is 15.6. The van der Waals surface area contributed by atoms with E-state index in [0.29, 0.717) is 11.3 Å². The molecule has 0 bridgehead atoms. The monoisotopic (exact) mass is 426 g/mol. The van der Waals surface area contributed by atoms with Gasteiger partial charge in [-0.15, -0.1) is 0 Å². The van der Waals surface area contributed by atoms with Crippen molar-refractivity contribution < 1.29 is 14.3 Å². The normalized spacial score (nSPS) is 10.4. The average Bonchev–Trinajstić information content (AvgIpc) is 2.83. The van der Waals surface area contributed by atoms with Crippen LogP contribution in [0.3, 0.4) is 0 Å². The van der Waals surface area contributed by atoms with Gasteiger partial charge < -0.3 is 10.1 Å². The van der Waals surface area contributed by atoms with Crippen LogP contribution in [0.2, 0.25) is 0 Å². The molecule has 2 amide bonds. The van der Waals surface area contributed by atoms with Crippen molar-refractivity contribution in [1.29, 1.82) is 0 Å². The lowest BCUT2D eigenvalue weighted by atomic mass is 10.1. The summed E-state index contributed by atoms with van der Waals surface area (Å²) in [7, 11) is 1.55. The van der Waals surface area contributed by atoms with Gasteiger partial charge in [-0.1, -0.05) is 36.4 Å². The van der Waals surface area contributed by atoms with Crippen LogP contribution in [0, 0.1) is 0 Å². The average molecular weight is 426 g/mol. The first kappa shape index (κ1) is 20.9. The third kappa shape index (κ3) is 4.84. The minimum atomic E-state index is -0.403. The molecule has 3 N–H and O–H groups in total. The van der Waals surface area contributed by atoms with E-state index in [-0.39, 0.29) is 12.3 Å². The summed E-state index contributed by atoms with van der Waals surface area (Å²) in [6.07, 6.45) is 1.84. The fraction of sp³-hybridized carbons (Fsp3) is 0.0800. The third-order valence-corrected chi connectivity index (χ3v) is 4.93. The number of ether oxygens (including phenoxy) is 1. The fourth-order valence-electron chi connectivity index (χ4n) is 3.33. The molecule has 4 aromatic rings. The number of hydrazine groups is 1. The highest BCUT2D eigenvalue weighted by molar-refractivity contribution is 5.96. The van der Waals surface area contributed by atoms with E-state index in [2.05, 4.69) is 21.2 Å². The molecule has 0 radical (unpaired) electrons. The number of benzene rings is 3. The van der Waals surface area contributed by atoms with Crippen LogP contribution >= 0.6 is 0 Å². The van der Waals surface area contributed by atoms with Gasteiger partial charge in [-0.05, 0) is 42.5 Å². The molecule has 0 unspecified atom stereocenters. The Kier molecular flexibility index (Phi) is 6.27. The molecule has 0 aliphatic carbocycles. The van der Waals surface area contributed by atoms with Crippen LogP contribution in [0.1, 0.15) is 15.9 Å². The van der Waals surface area contributed by atoms with Crippen LogP contribution in [-0.4, -0.2) is 23.9 Å². The number of carbonyl (C=O) groups excluding carboxylic acids is 2. The van der Waals surface area contributed by atoms with Crippen LogP contribution in [0.15, 0.2) is 85.1 Å². The number of hydrogen-bond acceptors (Lipinski definition) is 5. The van der Waals surface area contributed by atoms with E-state index in [0.717, 1.165) is 27.8 Å². The second kappa shape index (κ2) is 9.61. The third-order valence-electron chi connectivity index (χ3n) is 4.93. The molecule has 3 aromatic carbocycles. The molecule has 0 aliphatic rings. The van der Waals surface area contributed by atoms with E-state index in [1.54, 1.807) is 49.7 Å². The maximum Gasteiger partial charge on any atom is 0.269 e. The van der Waals surface area contributed by atoms with Crippen molar-refractivity contribution >= 4 is 34.1 Å². The lowest BCUT2D eigenvalue weighted by Crippen LogP contribution is -2.42. The highest BCUT2D eigenvalue weighted by atomic mass is 16.5. The van der Waals surface area contributed by atoms with E-state index < -0.39 is 5.91 Å². The Hall–Kier alpha value is -4.39. The van der Waals surface area contributed by atoms with Gasteiger partial charge in [0.1, 0.15) is 5.75 Å². The van der Waals surface area contributed by atoms with Crippen molar-refractivity contribution in [1.82, 2.24) is 15.8 Å². The van der Waals surface area contributed by atoms with Gasteiger partial charge >= 0.3 is 0 Å². The van der Waals surface area contributed by atoms with Gasteiger partial charge in [0.05, 0.1) is 19.0 Å². The summed E-state index contributed by atoms with van der Waals surface area (Å²) in [5, 5.41) is 4.36. The van der Waals surface area contributed by atoms with Crippen molar-refractivity contribution in [3.05, 3.63) is 96.2 Å². The van der Waals surface area contributed by atoms with Crippen LogP contribution in [0.25, 0.3) is 10.9 Å². The first-order valence-corrected chi connectivity index (χ1v) is 10.1. The number of para-hydroxylation sites is 2. The van der Waals surface area contributed by atoms with Crippen molar-refractivity contribution in [3.63, 3.8) is 0 Å². The van der Waals surface area contributed by atoms with E-state index in [1.807, 2.05) is 42.5 Å². The molecule has 0 fully saturated rings. The number of nitrogens with zero attached hydrogens (tertiary/aromatic N) is 1. The molecule has 0 aliphatic heterocycles. The molecule has 0 spiro atoms. The number of hydrogen-bond donors (Lipinski definition) is 3. The Morgan fingerprint density at radius 1 is 0.875 bits per heavy atom. The van der Waals surface area contributed by atoms with Crippen molar-refractivity contribution in [2.75, 3.05) is 12.4 Å². The Morgan fingerprint density at radius 3 is 2.44 bits per heavy atom. The number of pyridine rings is 1. The van der Waals surface area contributed by atoms with Gasteiger partial charge in [-0.25, -0.2) is 0 Å². The standard InChI is InChI=1S/C25H22N4O3/c1-32-23-9-5-2-6-18(23)16-24(30)28-29-25(31)17-10-12-19(13-11-17)27-22-14-15-26-21-8-4-3-7-20(21)22/h2-15H,16H2,1H3,(H,26,27)(H,28,30)(H,29,31). The molecule has 160 valence electrons. The Balaban J connectivity index is 1.35. The number of methoxy groups -OCH3 is 1. The largest absolute Gasteiger partial charge is 0.496 e. The Labute approximate surface area is 185 Å². The fourth-order valence-corrected chi connectivity index (χ4v) is 3.33. The number of aromatic nitrogens is 1. The summed E-state index contributed by atoms with van der Waals surface area (Å²) >= 11 is 0. The Morgan fingerprint density at radius 2 is 1.62 bits per heavy atom. The number of amides is 2. The van der Waals surface area contributed by atoms with Crippen LogP contribution in [-0.2, 0) is 11.2 Å². The van der Waals surface area contributed by atoms with Crippen molar-refractivity contribution in [2.45, 2.75) is 6.42 Å². The van der Waals surface area contributed by atoms with Crippen molar-refractivity contribution in [3.8, 4) is 5.75 Å². The topological polar surface area (TPSA) is 92.4 Å². The molecule has 0 atom stereocenters. The summed E-state index contributed by atoms with van der Waals surface area (Å²) in [4.78, 5) is 28.9. The smallest absolute Gasteiger partial charge is 0.269 e. The molecule has 4 rings (SSSR count). The van der Waals surface area contributed by atoms with Crippen LogP contribution < -0.4 is 20.9 Å². The van der Waals surface area contributed by atoms with Gasteiger partial charge in [0.15, 0.2) is 0 Å². The van der Waals surface area contributed by atoms with Crippen LogP contribution in [0.4, 0.5) is 11.4 Å². The second-order valence-electron chi connectivity index (χ2n) is 7.07. The van der Waals surface area contributed by atoms with E-state index in [9.17, 15) is 9.59 Å². The predicted octanol–water partition coefficient (Wildman–Crippen LogP) is 3.99. The van der Waals surface area contributed by atoms with Gasteiger partial charge in [0.2, 0.25) is 5.91 Å². The molecule has 7 nitrogen and oxygen atoms in total. The number of rotatable bonds is 6. The quantitative estimate of drug-likeness (QED) is 0.406. The zero-order valence-electron chi connectivity index (χ0n) is 17.5. The van der Waals surface area contributed by atoms with E-state index >= 15 is 0 Å². The SMILES string of the molecule is COc1ccccc1CC(=O)NNC(=O)c1ccc(Nc2ccnc3ccccc23)cc1. The zero-order valence-corrected chi connectivity index (χ0v) is 17.5. The minimum Gasteiger partial charge on any atom is -0.496 e. The number of anilines is 2. The molecular weight excluding hydrogens is 404 g/mol. The van der Waals surface area contributed by atoms with E-state index in [1.165, 1.54) is 0 Å². The number of fused-ring (bicyclic) bond motifs is 1. The maximum absolute atomic E-state index is 12.4. The minimum absolute atomic E-state index is 0.0903. The Bertz CT molecular complexity index is 1250. The second-order valence-corrected chi connectivity index (χ2v) is 7.07. The molecule has 1 heterocycles. The molecule has 32 heavy (non-hydrogen) atoms. The van der Waals surface area contributed by atoms with Gasteiger partial charge in [0.25, 0.3) is 5.91 Å². The molecule has 1 aromatic heterocycles. The summed E-state index contributed by atoms with van der Waals surface area (Å²) in [6.45, 7) is 0. The predicted molar refractivity (Wildman–Crippen MR) is 124 cm³/mol. The van der Waals surface area contributed by atoms with Crippen molar-refractivity contribution in [2.24, 2.45) is 0 Å². The number of nitrogens with one attached hydrogen (secondary N) is 3. The summed E-state index contributed by atoms with van der Waals surface area (Å²) in [5.41, 5.74) is 8.70. The highest BCUT2D eigenvalue weighted by Gasteiger charge is 2.11. The van der Waals surface area contributed by atoms with E-state index in [4.69, 9.17) is 4.74 Å². The van der Waals surface area contributed by atoms with Gasteiger partial charge in [-0.3, -0.25) is 25.4 Å². The highest BCUT2D eigenvalue weighted by Crippen LogP contribution is 2.25. The van der Waals surface area contributed by atoms with Crippen LogP contribution in [0.5, 0.6) is 5.75 Å². The van der Waals surface area contributed by atoms with Gasteiger partial charge in [-0.2, -0.15) is 0 Å².